The largest absolute Gasteiger partial charge is 0.494 e. The Kier molecular flexibility index (Phi) is 4.68. The monoisotopic (exact) mass is 335 g/mol. The fourth-order valence-corrected chi connectivity index (χ4v) is 4.48. The molecule has 1 saturated heterocycles. The number of aromatic nitrogens is 2. The van der Waals surface area contributed by atoms with E-state index in [1.165, 1.54) is 4.31 Å². The normalized spacial score (nSPS) is 19.1. The number of H-pyrrole nitrogens is 1. The Morgan fingerprint density at radius 3 is 2.78 bits per heavy atom. The van der Waals surface area contributed by atoms with Crippen LogP contribution in [0.2, 0.25) is 0 Å². The summed E-state index contributed by atoms with van der Waals surface area (Å²) in [4.78, 5) is 7.54. The van der Waals surface area contributed by atoms with Crippen molar-refractivity contribution in [1.82, 2.24) is 14.3 Å². The second-order valence-corrected chi connectivity index (χ2v) is 7.46. The number of nitrogens with one attached hydrogen (secondary N) is 1. The van der Waals surface area contributed by atoms with Crippen molar-refractivity contribution in [2.75, 3.05) is 13.2 Å². The summed E-state index contributed by atoms with van der Waals surface area (Å²) < 4.78 is 32.9. The van der Waals surface area contributed by atoms with Crippen LogP contribution in [-0.4, -0.2) is 35.8 Å². The van der Waals surface area contributed by atoms with Crippen LogP contribution in [0.3, 0.4) is 0 Å². The number of rotatable bonds is 6. The minimum absolute atomic E-state index is 0.217. The molecule has 7 heteroatoms. The molecule has 1 aliphatic heterocycles. The van der Waals surface area contributed by atoms with E-state index in [-0.39, 0.29) is 6.04 Å². The first kappa shape index (κ1) is 16.0. The summed E-state index contributed by atoms with van der Waals surface area (Å²) in [5.74, 6) is 1.39. The molecule has 23 heavy (non-hydrogen) atoms. The highest BCUT2D eigenvalue weighted by Gasteiger charge is 2.37. The first-order chi connectivity index (χ1) is 11.1. The summed E-state index contributed by atoms with van der Waals surface area (Å²) >= 11 is 0. The van der Waals surface area contributed by atoms with Gasteiger partial charge < -0.3 is 9.72 Å². The second-order valence-electron chi connectivity index (χ2n) is 5.57. The van der Waals surface area contributed by atoms with Crippen LogP contribution in [0.1, 0.15) is 38.1 Å². The molecule has 1 fully saturated rings. The van der Waals surface area contributed by atoms with Gasteiger partial charge in [-0.3, -0.25) is 0 Å². The molecular formula is C16H21N3O3S. The van der Waals surface area contributed by atoms with Crippen molar-refractivity contribution in [1.29, 1.82) is 0 Å². The van der Waals surface area contributed by atoms with Gasteiger partial charge in [0.2, 0.25) is 10.0 Å². The van der Waals surface area contributed by atoms with Crippen molar-refractivity contribution in [2.45, 2.75) is 37.1 Å². The van der Waals surface area contributed by atoms with E-state index in [0.29, 0.717) is 29.6 Å². The summed E-state index contributed by atoms with van der Waals surface area (Å²) in [6.07, 6.45) is 5.90. The zero-order valence-corrected chi connectivity index (χ0v) is 13.9. The third-order valence-electron chi connectivity index (χ3n) is 3.94. The van der Waals surface area contributed by atoms with Gasteiger partial charge in [-0.25, -0.2) is 13.4 Å². The number of aromatic amines is 1. The third-order valence-corrected chi connectivity index (χ3v) is 5.86. The molecule has 2 aromatic rings. The van der Waals surface area contributed by atoms with Crippen molar-refractivity contribution in [2.24, 2.45) is 0 Å². The van der Waals surface area contributed by atoms with Gasteiger partial charge in [0, 0.05) is 18.9 Å². The highest BCUT2D eigenvalue weighted by Crippen LogP contribution is 2.35. The van der Waals surface area contributed by atoms with Gasteiger partial charge in [-0.1, -0.05) is 6.92 Å². The van der Waals surface area contributed by atoms with E-state index in [4.69, 9.17) is 4.74 Å². The van der Waals surface area contributed by atoms with Gasteiger partial charge in [0.1, 0.15) is 11.6 Å². The highest BCUT2D eigenvalue weighted by molar-refractivity contribution is 7.89. The van der Waals surface area contributed by atoms with Crippen molar-refractivity contribution >= 4 is 10.0 Å². The van der Waals surface area contributed by atoms with Gasteiger partial charge in [-0.05, 0) is 43.5 Å². The Bertz CT molecular complexity index is 726. The molecule has 1 aliphatic rings. The Hall–Kier alpha value is -1.86. The molecule has 1 aromatic heterocycles. The van der Waals surface area contributed by atoms with Crippen molar-refractivity contribution in [3.05, 3.63) is 42.5 Å². The third kappa shape index (κ3) is 3.25. The van der Waals surface area contributed by atoms with Crippen LogP contribution < -0.4 is 4.74 Å². The zero-order valence-electron chi connectivity index (χ0n) is 13.1. The second kappa shape index (κ2) is 6.72. The fourth-order valence-electron chi connectivity index (χ4n) is 2.82. The predicted molar refractivity (Wildman–Crippen MR) is 86.7 cm³/mol. The topological polar surface area (TPSA) is 75.3 Å². The van der Waals surface area contributed by atoms with Gasteiger partial charge >= 0.3 is 0 Å². The molecule has 2 heterocycles. The lowest BCUT2D eigenvalue weighted by Crippen LogP contribution is -2.31. The van der Waals surface area contributed by atoms with E-state index in [1.807, 2.05) is 6.92 Å². The number of sulfonamides is 1. The number of nitrogens with zero attached hydrogens (tertiary/aromatic N) is 2. The Labute approximate surface area is 136 Å². The van der Waals surface area contributed by atoms with Gasteiger partial charge in [0.15, 0.2) is 0 Å². The molecule has 1 unspecified atom stereocenters. The molecule has 0 spiro atoms. The molecule has 0 radical (unpaired) electrons. The number of ether oxygens (including phenoxy) is 1. The van der Waals surface area contributed by atoms with Crippen LogP contribution in [-0.2, 0) is 10.0 Å². The minimum Gasteiger partial charge on any atom is -0.494 e. The molecule has 0 bridgehead atoms. The summed E-state index contributed by atoms with van der Waals surface area (Å²) in [6, 6.07) is 6.42. The smallest absolute Gasteiger partial charge is 0.243 e. The Morgan fingerprint density at radius 1 is 1.35 bits per heavy atom. The summed E-state index contributed by atoms with van der Waals surface area (Å²) in [5.41, 5.74) is 0. The van der Waals surface area contributed by atoms with Crippen LogP contribution in [0.15, 0.2) is 41.6 Å². The maximum Gasteiger partial charge on any atom is 0.243 e. The van der Waals surface area contributed by atoms with Crippen LogP contribution in [0.4, 0.5) is 0 Å². The van der Waals surface area contributed by atoms with Crippen LogP contribution in [0.25, 0.3) is 0 Å². The van der Waals surface area contributed by atoms with Crippen molar-refractivity contribution < 1.29 is 13.2 Å². The Morgan fingerprint density at radius 2 is 2.13 bits per heavy atom. The van der Waals surface area contributed by atoms with Gasteiger partial charge in [0.05, 0.1) is 17.5 Å². The molecule has 3 rings (SSSR count). The van der Waals surface area contributed by atoms with Crippen LogP contribution in [0, 0.1) is 0 Å². The molecular weight excluding hydrogens is 314 g/mol. The number of benzene rings is 1. The molecule has 0 saturated carbocycles. The van der Waals surface area contributed by atoms with E-state index in [2.05, 4.69) is 9.97 Å². The lowest BCUT2D eigenvalue weighted by Gasteiger charge is -2.22. The SMILES string of the molecule is CCCOc1ccc(S(=O)(=O)N2CCCC2c2ncc[nH]2)cc1. The van der Waals surface area contributed by atoms with Crippen molar-refractivity contribution in [3.8, 4) is 5.75 Å². The van der Waals surface area contributed by atoms with Gasteiger partial charge in [-0.15, -0.1) is 0 Å². The number of hydrogen-bond donors (Lipinski definition) is 1. The molecule has 124 valence electrons. The predicted octanol–water partition coefficient (Wildman–Crippen LogP) is 2.72. The van der Waals surface area contributed by atoms with E-state index < -0.39 is 10.0 Å². The minimum atomic E-state index is -3.53. The first-order valence-electron chi connectivity index (χ1n) is 7.87. The highest BCUT2D eigenvalue weighted by atomic mass is 32.2. The quantitative estimate of drug-likeness (QED) is 0.881. The zero-order chi connectivity index (χ0) is 16.3. The van der Waals surface area contributed by atoms with Gasteiger partial charge in [-0.2, -0.15) is 4.31 Å². The lowest BCUT2D eigenvalue weighted by molar-refractivity contribution is 0.317. The maximum absolute atomic E-state index is 12.9. The average Bonchev–Trinajstić information content (AvgIpc) is 3.23. The van der Waals surface area contributed by atoms with Crippen LogP contribution in [0.5, 0.6) is 5.75 Å². The fraction of sp³-hybridized carbons (Fsp3) is 0.438. The van der Waals surface area contributed by atoms with Gasteiger partial charge in [0.25, 0.3) is 0 Å². The molecule has 1 aromatic carbocycles. The average molecular weight is 335 g/mol. The number of hydrogen-bond acceptors (Lipinski definition) is 4. The van der Waals surface area contributed by atoms with E-state index >= 15 is 0 Å². The maximum atomic E-state index is 12.9. The van der Waals surface area contributed by atoms with E-state index in [0.717, 1.165) is 19.3 Å². The molecule has 1 N–H and O–H groups in total. The van der Waals surface area contributed by atoms with Crippen molar-refractivity contribution in [3.63, 3.8) is 0 Å². The van der Waals surface area contributed by atoms with E-state index in [1.54, 1.807) is 36.7 Å². The standard InChI is InChI=1S/C16H21N3O3S/c1-2-12-22-13-5-7-14(8-6-13)23(20,21)19-11-3-4-15(19)16-17-9-10-18-16/h5-10,15H,2-4,11-12H2,1H3,(H,17,18). The van der Waals surface area contributed by atoms with Crippen LogP contribution >= 0.6 is 0 Å². The Balaban J connectivity index is 1.83. The molecule has 1 atom stereocenters. The molecule has 0 aliphatic carbocycles. The molecule has 6 nitrogen and oxygen atoms in total. The summed E-state index contributed by atoms with van der Waals surface area (Å²) in [5, 5.41) is 0. The summed E-state index contributed by atoms with van der Waals surface area (Å²) in [6.45, 7) is 3.17. The number of imidazole rings is 1. The lowest BCUT2D eigenvalue weighted by atomic mass is 10.2. The molecule has 0 amide bonds. The van der Waals surface area contributed by atoms with E-state index in [9.17, 15) is 8.42 Å². The summed E-state index contributed by atoms with van der Waals surface area (Å²) in [7, 11) is -3.53. The first-order valence-corrected chi connectivity index (χ1v) is 9.31.